The van der Waals surface area contributed by atoms with Gasteiger partial charge in [0, 0.05) is 19.1 Å². The van der Waals surface area contributed by atoms with Gasteiger partial charge < -0.3 is 5.32 Å². The maximum Gasteiger partial charge on any atom is 0.0991 e. The summed E-state index contributed by atoms with van der Waals surface area (Å²) in [5.74, 6) is 0. The summed E-state index contributed by atoms with van der Waals surface area (Å²) < 4.78 is 0. The van der Waals surface area contributed by atoms with E-state index in [-0.39, 0.29) is 0 Å². The monoisotopic (exact) mass is 257 g/mol. The first kappa shape index (κ1) is 14.0. The highest BCUT2D eigenvalue weighted by atomic mass is 15.2. The fraction of sp³-hybridized carbons (Fsp3) is 0.562. The SMILES string of the molecule is CCCN(Cc1ccc(C#N)cc1C)C1CCNC1. The van der Waals surface area contributed by atoms with Crippen LogP contribution in [0, 0.1) is 18.3 Å². The molecule has 19 heavy (non-hydrogen) atoms. The minimum Gasteiger partial charge on any atom is -0.315 e. The molecule has 1 atom stereocenters. The fourth-order valence-corrected chi connectivity index (χ4v) is 2.79. The molecule has 1 fully saturated rings. The zero-order valence-corrected chi connectivity index (χ0v) is 11.9. The second-order valence-electron chi connectivity index (χ2n) is 5.37. The molecule has 1 heterocycles. The molecule has 1 unspecified atom stereocenters. The first-order valence-electron chi connectivity index (χ1n) is 7.19. The molecule has 0 aliphatic carbocycles. The van der Waals surface area contributed by atoms with Crippen LogP contribution in [0.5, 0.6) is 0 Å². The molecule has 1 aliphatic heterocycles. The largest absolute Gasteiger partial charge is 0.315 e. The van der Waals surface area contributed by atoms with Crippen molar-refractivity contribution in [2.24, 2.45) is 0 Å². The number of aryl methyl sites for hydroxylation is 1. The van der Waals surface area contributed by atoms with Crippen LogP contribution in [-0.2, 0) is 6.54 Å². The van der Waals surface area contributed by atoms with E-state index in [1.807, 2.05) is 12.1 Å². The second kappa shape index (κ2) is 6.70. The normalized spacial score (nSPS) is 18.7. The smallest absolute Gasteiger partial charge is 0.0991 e. The highest BCUT2D eigenvalue weighted by Gasteiger charge is 2.22. The maximum atomic E-state index is 8.92. The lowest BCUT2D eigenvalue weighted by Crippen LogP contribution is -2.37. The third-order valence-electron chi connectivity index (χ3n) is 3.91. The lowest BCUT2D eigenvalue weighted by atomic mass is 10.0. The van der Waals surface area contributed by atoms with Crippen molar-refractivity contribution >= 4 is 0 Å². The van der Waals surface area contributed by atoms with Gasteiger partial charge in [0.2, 0.25) is 0 Å². The molecule has 1 aliphatic rings. The molecule has 3 heteroatoms. The average molecular weight is 257 g/mol. The van der Waals surface area contributed by atoms with E-state index < -0.39 is 0 Å². The first-order chi connectivity index (χ1) is 9.24. The number of benzene rings is 1. The van der Waals surface area contributed by atoms with Crippen molar-refractivity contribution in [2.75, 3.05) is 19.6 Å². The van der Waals surface area contributed by atoms with Crippen LogP contribution in [0.25, 0.3) is 0 Å². The van der Waals surface area contributed by atoms with Crippen molar-refractivity contribution in [1.82, 2.24) is 10.2 Å². The van der Waals surface area contributed by atoms with Crippen LogP contribution < -0.4 is 5.32 Å². The Hall–Kier alpha value is -1.37. The molecule has 1 aromatic carbocycles. The summed E-state index contributed by atoms with van der Waals surface area (Å²) in [5, 5.41) is 12.4. The van der Waals surface area contributed by atoms with Gasteiger partial charge in [0.05, 0.1) is 11.6 Å². The summed E-state index contributed by atoms with van der Waals surface area (Å²) in [6.45, 7) is 8.73. The number of hydrogen-bond donors (Lipinski definition) is 1. The van der Waals surface area contributed by atoms with Gasteiger partial charge in [-0.2, -0.15) is 5.26 Å². The predicted molar refractivity (Wildman–Crippen MR) is 77.9 cm³/mol. The van der Waals surface area contributed by atoms with Gasteiger partial charge in [-0.15, -0.1) is 0 Å². The molecule has 3 nitrogen and oxygen atoms in total. The van der Waals surface area contributed by atoms with Crippen molar-refractivity contribution < 1.29 is 0 Å². The molecule has 102 valence electrons. The van der Waals surface area contributed by atoms with Gasteiger partial charge in [0.25, 0.3) is 0 Å². The molecule has 1 N–H and O–H groups in total. The van der Waals surface area contributed by atoms with Crippen LogP contribution in [0.4, 0.5) is 0 Å². The van der Waals surface area contributed by atoms with E-state index in [0.29, 0.717) is 6.04 Å². The van der Waals surface area contributed by atoms with E-state index in [9.17, 15) is 0 Å². The standard InChI is InChI=1S/C16H23N3/c1-3-8-19(16-6-7-18-11-16)12-15-5-4-14(10-17)9-13(15)2/h4-5,9,16,18H,3,6-8,11-12H2,1-2H3. The Bertz CT molecular complexity index is 456. The fourth-order valence-electron chi connectivity index (χ4n) is 2.79. The zero-order valence-electron chi connectivity index (χ0n) is 11.9. The summed E-state index contributed by atoms with van der Waals surface area (Å²) in [4.78, 5) is 2.58. The molecule has 0 amide bonds. The summed E-state index contributed by atoms with van der Waals surface area (Å²) in [5.41, 5.74) is 3.33. The number of rotatable bonds is 5. The molecule has 2 rings (SSSR count). The predicted octanol–water partition coefficient (Wildman–Crippen LogP) is 2.44. The minimum atomic E-state index is 0.662. The Morgan fingerprint density at radius 2 is 2.32 bits per heavy atom. The topological polar surface area (TPSA) is 39.1 Å². The van der Waals surface area contributed by atoms with Crippen molar-refractivity contribution in [3.8, 4) is 6.07 Å². The van der Waals surface area contributed by atoms with Gasteiger partial charge >= 0.3 is 0 Å². The highest BCUT2D eigenvalue weighted by molar-refractivity contribution is 5.37. The van der Waals surface area contributed by atoms with Crippen LogP contribution >= 0.6 is 0 Å². The number of nitrogens with one attached hydrogen (secondary N) is 1. The molecular weight excluding hydrogens is 234 g/mol. The molecule has 0 radical (unpaired) electrons. The van der Waals surface area contributed by atoms with E-state index in [1.165, 1.54) is 24.0 Å². The van der Waals surface area contributed by atoms with Crippen molar-refractivity contribution in [3.63, 3.8) is 0 Å². The van der Waals surface area contributed by atoms with E-state index in [0.717, 1.165) is 31.7 Å². The average Bonchev–Trinajstić information content (AvgIpc) is 2.94. The molecule has 0 saturated carbocycles. The molecule has 1 aromatic rings. The zero-order chi connectivity index (χ0) is 13.7. The first-order valence-corrected chi connectivity index (χ1v) is 7.19. The van der Waals surface area contributed by atoms with E-state index in [4.69, 9.17) is 5.26 Å². The van der Waals surface area contributed by atoms with Crippen LogP contribution in [0.2, 0.25) is 0 Å². The van der Waals surface area contributed by atoms with Gasteiger partial charge in [-0.1, -0.05) is 13.0 Å². The molecular formula is C16H23N3. The van der Waals surface area contributed by atoms with Gasteiger partial charge in [-0.25, -0.2) is 0 Å². The Morgan fingerprint density at radius 3 is 2.89 bits per heavy atom. The lowest BCUT2D eigenvalue weighted by Gasteiger charge is -2.28. The Labute approximate surface area is 116 Å². The molecule has 0 bridgehead atoms. The van der Waals surface area contributed by atoms with Gasteiger partial charge in [0.1, 0.15) is 0 Å². The summed E-state index contributed by atoms with van der Waals surface area (Å²) in [7, 11) is 0. The Kier molecular flexibility index (Phi) is 4.95. The van der Waals surface area contributed by atoms with Crippen molar-refractivity contribution in [3.05, 3.63) is 34.9 Å². The van der Waals surface area contributed by atoms with Crippen LogP contribution in [0.15, 0.2) is 18.2 Å². The number of nitriles is 1. The second-order valence-corrected chi connectivity index (χ2v) is 5.37. The maximum absolute atomic E-state index is 8.92. The molecule has 0 spiro atoms. The Morgan fingerprint density at radius 1 is 1.47 bits per heavy atom. The van der Waals surface area contributed by atoms with E-state index >= 15 is 0 Å². The van der Waals surface area contributed by atoms with Crippen molar-refractivity contribution in [2.45, 2.75) is 39.3 Å². The van der Waals surface area contributed by atoms with Crippen LogP contribution in [0.1, 0.15) is 36.5 Å². The third kappa shape index (κ3) is 3.56. The summed E-state index contributed by atoms with van der Waals surface area (Å²) in [6.07, 6.45) is 2.43. The van der Waals surface area contributed by atoms with E-state index in [2.05, 4.69) is 36.2 Å². The van der Waals surface area contributed by atoms with Crippen LogP contribution in [-0.4, -0.2) is 30.6 Å². The molecule has 1 saturated heterocycles. The van der Waals surface area contributed by atoms with Crippen molar-refractivity contribution in [1.29, 1.82) is 5.26 Å². The third-order valence-corrected chi connectivity index (χ3v) is 3.91. The Balaban J connectivity index is 2.10. The van der Waals surface area contributed by atoms with E-state index in [1.54, 1.807) is 0 Å². The highest BCUT2D eigenvalue weighted by Crippen LogP contribution is 2.17. The number of hydrogen-bond acceptors (Lipinski definition) is 3. The quantitative estimate of drug-likeness (QED) is 0.880. The summed E-state index contributed by atoms with van der Waals surface area (Å²) >= 11 is 0. The van der Waals surface area contributed by atoms with Crippen LogP contribution in [0.3, 0.4) is 0 Å². The van der Waals surface area contributed by atoms with Gasteiger partial charge in [-0.3, -0.25) is 4.90 Å². The number of nitrogens with zero attached hydrogens (tertiary/aromatic N) is 2. The lowest BCUT2D eigenvalue weighted by molar-refractivity contribution is 0.199. The van der Waals surface area contributed by atoms with Gasteiger partial charge in [-0.05, 0) is 56.1 Å². The summed E-state index contributed by atoms with van der Waals surface area (Å²) in [6, 6.07) is 8.90. The minimum absolute atomic E-state index is 0.662. The van der Waals surface area contributed by atoms with Gasteiger partial charge in [0.15, 0.2) is 0 Å². The molecule has 0 aromatic heterocycles.